The highest BCUT2D eigenvalue weighted by atomic mass is 16.7. The molecule has 0 spiro atoms. The fourth-order valence-electron chi connectivity index (χ4n) is 4.25. The van der Waals surface area contributed by atoms with E-state index in [-0.39, 0.29) is 0 Å². The summed E-state index contributed by atoms with van der Waals surface area (Å²) in [7, 11) is 0. The first-order valence-electron chi connectivity index (χ1n) is 11.3. The standard InChI is InChI=1S/C20H35NO14/c1-5-10(23)13(26)15(28)19(32-5)31-4-8-17(12(25)9(18(30)34-8)21-7(3)22)35-20-16(29)14(27)11(24)6(2)33-20/h5-6,8-20,23-30H,4H2,1-3H3,(H,21,22)/t5-,6-,8+,9+,10+,11+,12+,13+,14+,15-,16-,17+,18?,19+,20-/m0/s1. The molecule has 0 bridgehead atoms. The minimum absolute atomic E-state index is 0.494. The highest BCUT2D eigenvalue weighted by Crippen LogP contribution is 2.30. The molecule has 15 heteroatoms. The van der Waals surface area contributed by atoms with E-state index >= 15 is 0 Å². The highest BCUT2D eigenvalue weighted by molar-refractivity contribution is 5.73. The van der Waals surface area contributed by atoms with Crippen LogP contribution in [0.25, 0.3) is 0 Å². The van der Waals surface area contributed by atoms with Crippen LogP contribution < -0.4 is 5.32 Å². The Morgan fingerprint density at radius 1 is 0.743 bits per heavy atom. The normalized spacial score (nSPS) is 51.1. The predicted molar refractivity (Wildman–Crippen MR) is 110 cm³/mol. The highest BCUT2D eigenvalue weighted by Gasteiger charge is 2.51. The van der Waals surface area contributed by atoms with E-state index in [0.717, 1.165) is 6.92 Å². The number of ether oxygens (including phenoxy) is 5. The van der Waals surface area contributed by atoms with Crippen molar-refractivity contribution in [3.8, 4) is 0 Å². The van der Waals surface area contributed by atoms with E-state index in [1.807, 2.05) is 0 Å². The Kier molecular flexibility index (Phi) is 9.42. The van der Waals surface area contributed by atoms with Gasteiger partial charge in [-0.15, -0.1) is 0 Å². The van der Waals surface area contributed by atoms with Crippen molar-refractivity contribution in [2.24, 2.45) is 0 Å². The monoisotopic (exact) mass is 513 g/mol. The molecular weight excluding hydrogens is 478 g/mol. The van der Waals surface area contributed by atoms with Crippen LogP contribution in [0.15, 0.2) is 0 Å². The van der Waals surface area contributed by atoms with Crippen LogP contribution in [0.4, 0.5) is 0 Å². The van der Waals surface area contributed by atoms with E-state index in [2.05, 4.69) is 5.32 Å². The van der Waals surface area contributed by atoms with Gasteiger partial charge in [0.15, 0.2) is 18.9 Å². The maximum Gasteiger partial charge on any atom is 0.217 e. The molecule has 1 unspecified atom stereocenters. The SMILES string of the molecule is CC(=O)N[C@H]1C(O)O[C@H](CO[C@@H]2O[C@@H](C)[C@@H](O)[C@@H](O)[C@@H]2O)[C@@H](O[C@@H]2O[C@@H](C)[C@@H](O)[C@@H](O)[C@@H]2O)[C@@H]1O. The second kappa shape index (κ2) is 11.6. The molecule has 9 N–H and O–H groups in total. The predicted octanol–water partition coefficient (Wildman–Crippen LogP) is -5.37. The van der Waals surface area contributed by atoms with Gasteiger partial charge in [0.05, 0.1) is 18.8 Å². The van der Waals surface area contributed by atoms with Crippen LogP contribution in [0, 0.1) is 0 Å². The summed E-state index contributed by atoms with van der Waals surface area (Å²) in [5, 5.41) is 83.8. The first kappa shape index (κ1) is 28.5. The molecule has 204 valence electrons. The van der Waals surface area contributed by atoms with Gasteiger partial charge in [-0.3, -0.25) is 4.79 Å². The molecule has 1 amide bonds. The summed E-state index contributed by atoms with van der Waals surface area (Å²) in [6.45, 7) is 3.54. The average Bonchev–Trinajstić information content (AvgIpc) is 2.80. The van der Waals surface area contributed by atoms with E-state index in [0.29, 0.717) is 0 Å². The Morgan fingerprint density at radius 3 is 1.80 bits per heavy atom. The third-order valence-corrected chi connectivity index (χ3v) is 6.40. The Bertz CT molecular complexity index is 715. The Hall–Kier alpha value is -1.05. The van der Waals surface area contributed by atoms with Gasteiger partial charge in [0.1, 0.15) is 61.0 Å². The molecule has 0 aromatic heterocycles. The first-order chi connectivity index (χ1) is 16.3. The molecule has 0 saturated carbocycles. The fourth-order valence-corrected chi connectivity index (χ4v) is 4.25. The molecule has 35 heavy (non-hydrogen) atoms. The van der Waals surface area contributed by atoms with E-state index < -0.39 is 105 Å². The summed E-state index contributed by atoms with van der Waals surface area (Å²) < 4.78 is 27.4. The average molecular weight is 513 g/mol. The number of amides is 1. The molecule has 3 aliphatic rings. The number of rotatable bonds is 6. The zero-order valence-electron chi connectivity index (χ0n) is 19.4. The summed E-state index contributed by atoms with van der Waals surface area (Å²) in [4.78, 5) is 11.5. The molecule has 3 fully saturated rings. The topological polar surface area (TPSA) is 237 Å². The van der Waals surface area contributed by atoms with Crippen LogP contribution >= 0.6 is 0 Å². The number of nitrogens with one attached hydrogen (secondary N) is 1. The summed E-state index contributed by atoms with van der Waals surface area (Å²) in [6.07, 6.45) is -20.2. The molecule has 0 radical (unpaired) electrons. The molecule has 15 atom stereocenters. The van der Waals surface area contributed by atoms with Gasteiger partial charge in [-0.2, -0.15) is 0 Å². The van der Waals surface area contributed by atoms with Crippen LogP contribution in [-0.2, 0) is 28.5 Å². The van der Waals surface area contributed by atoms with Gasteiger partial charge in [0.2, 0.25) is 5.91 Å². The summed E-state index contributed by atoms with van der Waals surface area (Å²) in [5.41, 5.74) is 0. The van der Waals surface area contributed by atoms with Gasteiger partial charge < -0.3 is 69.9 Å². The number of aliphatic hydroxyl groups is 8. The van der Waals surface area contributed by atoms with Gasteiger partial charge >= 0.3 is 0 Å². The lowest BCUT2D eigenvalue weighted by molar-refractivity contribution is -0.350. The molecule has 15 nitrogen and oxygen atoms in total. The number of aliphatic hydroxyl groups excluding tert-OH is 8. The Labute approximate surface area is 200 Å². The Balaban J connectivity index is 1.76. The van der Waals surface area contributed by atoms with Crippen molar-refractivity contribution in [1.82, 2.24) is 5.32 Å². The van der Waals surface area contributed by atoms with Crippen LogP contribution in [0.3, 0.4) is 0 Å². The Morgan fingerprint density at radius 2 is 1.26 bits per heavy atom. The lowest BCUT2D eigenvalue weighted by Gasteiger charge is -2.46. The second-order valence-corrected chi connectivity index (χ2v) is 9.08. The van der Waals surface area contributed by atoms with Gasteiger partial charge in [0.25, 0.3) is 0 Å². The minimum atomic E-state index is -1.72. The zero-order chi connectivity index (χ0) is 26.2. The fraction of sp³-hybridized carbons (Fsp3) is 0.950. The van der Waals surface area contributed by atoms with Crippen molar-refractivity contribution in [2.75, 3.05) is 6.61 Å². The largest absolute Gasteiger partial charge is 0.388 e. The van der Waals surface area contributed by atoms with Crippen molar-refractivity contribution in [3.63, 3.8) is 0 Å². The lowest BCUT2D eigenvalue weighted by Crippen LogP contribution is -2.67. The maximum absolute atomic E-state index is 11.5. The van der Waals surface area contributed by atoms with Crippen molar-refractivity contribution in [3.05, 3.63) is 0 Å². The third kappa shape index (κ3) is 6.10. The van der Waals surface area contributed by atoms with Gasteiger partial charge in [-0.1, -0.05) is 0 Å². The van der Waals surface area contributed by atoms with Gasteiger partial charge in [0, 0.05) is 6.92 Å². The summed E-state index contributed by atoms with van der Waals surface area (Å²) in [5.74, 6) is -0.591. The maximum atomic E-state index is 11.5. The van der Waals surface area contributed by atoms with Gasteiger partial charge in [-0.05, 0) is 13.8 Å². The quantitative estimate of drug-likeness (QED) is 0.161. The minimum Gasteiger partial charge on any atom is -0.388 e. The van der Waals surface area contributed by atoms with E-state index in [1.54, 1.807) is 0 Å². The van der Waals surface area contributed by atoms with Crippen LogP contribution in [0.2, 0.25) is 0 Å². The molecule has 0 aliphatic carbocycles. The summed E-state index contributed by atoms with van der Waals surface area (Å²) in [6, 6.07) is -1.35. The van der Waals surface area contributed by atoms with Crippen molar-refractivity contribution in [2.45, 2.75) is 113 Å². The third-order valence-electron chi connectivity index (χ3n) is 6.40. The molecule has 3 rings (SSSR count). The molecular formula is C20H35NO14. The lowest BCUT2D eigenvalue weighted by atomic mass is 9.95. The number of carbonyl (C=O) groups is 1. The zero-order valence-corrected chi connectivity index (χ0v) is 19.4. The number of hydrogen-bond donors (Lipinski definition) is 9. The van der Waals surface area contributed by atoms with E-state index in [9.17, 15) is 45.6 Å². The molecule has 3 heterocycles. The molecule has 3 saturated heterocycles. The number of hydrogen-bond acceptors (Lipinski definition) is 14. The molecule has 0 aromatic rings. The van der Waals surface area contributed by atoms with Crippen LogP contribution in [-0.4, -0.2) is 145 Å². The van der Waals surface area contributed by atoms with Crippen molar-refractivity contribution in [1.29, 1.82) is 0 Å². The van der Waals surface area contributed by atoms with E-state index in [4.69, 9.17) is 23.7 Å². The second-order valence-electron chi connectivity index (χ2n) is 9.08. The van der Waals surface area contributed by atoms with E-state index in [1.165, 1.54) is 13.8 Å². The molecule has 0 aromatic carbocycles. The summed E-state index contributed by atoms with van der Waals surface area (Å²) >= 11 is 0. The van der Waals surface area contributed by atoms with Crippen molar-refractivity contribution < 1.29 is 69.3 Å². The van der Waals surface area contributed by atoms with Crippen molar-refractivity contribution >= 4 is 5.91 Å². The number of carbonyl (C=O) groups excluding carboxylic acids is 1. The van der Waals surface area contributed by atoms with Gasteiger partial charge in [-0.25, -0.2) is 0 Å². The smallest absolute Gasteiger partial charge is 0.217 e. The van der Waals surface area contributed by atoms with Crippen LogP contribution in [0.5, 0.6) is 0 Å². The molecule has 3 aliphatic heterocycles. The van der Waals surface area contributed by atoms with Crippen LogP contribution in [0.1, 0.15) is 20.8 Å². The first-order valence-corrected chi connectivity index (χ1v) is 11.3.